The summed E-state index contributed by atoms with van der Waals surface area (Å²) >= 11 is 1.69. The molecule has 0 aliphatic rings. The summed E-state index contributed by atoms with van der Waals surface area (Å²) in [6.07, 6.45) is 5.23. The highest BCUT2D eigenvalue weighted by Gasteiger charge is 2.03. The largest absolute Gasteiger partial charge is 0.493 e. The van der Waals surface area contributed by atoms with Gasteiger partial charge >= 0.3 is 0 Å². The molecule has 1 aromatic heterocycles. The summed E-state index contributed by atoms with van der Waals surface area (Å²) < 4.78 is 5.65. The molecule has 0 radical (unpaired) electrons. The van der Waals surface area contributed by atoms with Crippen LogP contribution in [0.3, 0.4) is 0 Å². The predicted octanol–water partition coefficient (Wildman–Crippen LogP) is 4.98. The molecule has 0 aliphatic heterocycles. The van der Waals surface area contributed by atoms with Crippen LogP contribution in [0, 0.1) is 11.8 Å². The van der Waals surface area contributed by atoms with Gasteiger partial charge < -0.3 is 4.74 Å². The molecule has 0 saturated carbocycles. The van der Waals surface area contributed by atoms with E-state index >= 15 is 0 Å². The van der Waals surface area contributed by atoms with Crippen molar-refractivity contribution in [2.75, 3.05) is 6.61 Å². The zero-order valence-electron chi connectivity index (χ0n) is 10.7. The van der Waals surface area contributed by atoms with Gasteiger partial charge in [0, 0.05) is 5.38 Å². The van der Waals surface area contributed by atoms with E-state index in [1.807, 2.05) is 6.07 Å². The molecule has 0 N–H and O–H groups in total. The Bertz CT molecular complexity index is 254. The van der Waals surface area contributed by atoms with Gasteiger partial charge in [0.2, 0.25) is 0 Å². The molecule has 1 atom stereocenters. The summed E-state index contributed by atoms with van der Waals surface area (Å²) in [5.74, 6) is 2.66. The highest BCUT2D eigenvalue weighted by Crippen LogP contribution is 2.18. The first kappa shape index (κ1) is 13.6. The van der Waals surface area contributed by atoms with E-state index in [1.165, 1.54) is 25.7 Å². The van der Waals surface area contributed by atoms with Gasteiger partial charge in [-0.3, -0.25) is 0 Å². The lowest BCUT2D eigenvalue weighted by atomic mass is 9.98. The molecule has 92 valence electrons. The Labute approximate surface area is 104 Å². The highest BCUT2D eigenvalue weighted by molar-refractivity contribution is 7.08. The Kier molecular flexibility index (Phi) is 6.55. The third-order valence-electron chi connectivity index (χ3n) is 2.85. The molecule has 0 bridgehead atoms. The van der Waals surface area contributed by atoms with Crippen molar-refractivity contribution < 1.29 is 4.74 Å². The predicted molar refractivity (Wildman–Crippen MR) is 72.3 cm³/mol. The second-order valence-corrected chi connectivity index (χ2v) is 5.81. The van der Waals surface area contributed by atoms with Crippen LogP contribution < -0.4 is 4.74 Å². The number of thiophene rings is 1. The van der Waals surface area contributed by atoms with E-state index in [9.17, 15) is 0 Å². The summed E-state index contributed by atoms with van der Waals surface area (Å²) in [7, 11) is 0. The summed E-state index contributed by atoms with van der Waals surface area (Å²) in [5, 5.41) is 4.12. The van der Waals surface area contributed by atoms with Crippen LogP contribution in [0.15, 0.2) is 16.8 Å². The van der Waals surface area contributed by atoms with Crippen molar-refractivity contribution in [3.8, 4) is 5.75 Å². The van der Waals surface area contributed by atoms with E-state index in [-0.39, 0.29) is 0 Å². The maximum atomic E-state index is 5.65. The lowest BCUT2D eigenvalue weighted by Crippen LogP contribution is -2.04. The van der Waals surface area contributed by atoms with Crippen molar-refractivity contribution in [2.24, 2.45) is 11.8 Å². The smallest absolute Gasteiger partial charge is 0.129 e. The minimum absolute atomic E-state index is 0.789. The van der Waals surface area contributed by atoms with E-state index in [0.29, 0.717) is 0 Å². The Balaban J connectivity index is 2.00. The van der Waals surface area contributed by atoms with Gasteiger partial charge in [0.1, 0.15) is 5.75 Å². The third kappa shape index (κ3) is 6.16. The van der Waals surface area contributed by atoms with Crippen LogP contribution in [0.1, 0.15) is 46.5 Å². The third-order valence-corrected chi connectivity index (χ3v) is 3.51. The molecule has 16 heavy (non-hydrogen) atoms. The van der Waals surface area contributed by atoms with Gasteiger partial charge in [-0.2, -0.15) is 0 Å². The zero-order valence-corrected chi connectivity index (χ0v) is 11.6. The fourth-order valence-electron chi connectivity index (χ4n) is 1.73. The molecule has 0 aromatic carbocycles. The maximum absolute atomic E-state index is 5.65. The van der Waals surface area contributed by atoms with Crippen molar-refractivity contribution in [3.05, 3.63) is 16.8 Å². The molecular formula is C14H24OS. The van der Waals surface area contributed by atoms with Crippen LogP contribution >= 0.6 is 11.3 Å². The minimum Gasteiger partial charge on any atom is -0.493 e. The average molecular weight is 240 g/mol. The fraction of sp³-hybridized carbons (Fsp3) is 0.714. The number of rotatable bonds is 8. The van der Waals surface area contributed by atoms with Crippen molar-refractivity contribution in [1.82, 2.24) is 0 Å². The molecule has 0 spiro atoms. The molecule has 1 heterocycles. The number of hydrogen-bond acceptors (Lipinski definition) is 2. The maximum Gasteiger partial charge on any atom is 0.129 e. The zero-order chi connectivity index (χ0) is 11.8. The van der Waals surface area contributed by atoms with Gasteiger partial charge in [-0.05, 0) is 29.7 Å². The molecule has 2 heteroatoms. The first-order valence-corrected chi connectivity index (χ1v) is 7.27. The van der Waals surface area contributed by atoms with Crippen molar-refractivity contribution >= 4 is 11.3 Å². The Hall–Kier alpha value is -0.500. The van der Waals surface area contributed by atoms with Gasteiger partial charge in [-0.1, -0.05) is 40.0 Å². The molecule has 1 rings (SSSR count). The highest BCUT2D eigenvalue weighted by atomic mass is 32.1. The van der Waals surface area contributed by atoms with Gasteiger partial charge in [-0.25, -0.2) is 0 Å². The van der Waals surface area contributed by atoms with E-state index in [1.54, 1.807) is 11.3 Å². The standard InChI is InChI=1S/C14H24OS/c1-12(2)5-4-6-13(3)7-9-15-14-8-10-16-11-14/h8,10-13H,4-7,9H2,1-3H3/t13-/m0/s1. The quantitative estimate of drug-likeness (QED) is 0.622. The number of hydrogen-bond donors (Lipinski definition) is 0. The monoisotopic (exact) mass is 240 g/mol. The van der Waals surface area contributed by atoms with Crippen LogP contribution in [0.4, 0.5) is 0 Å². The number of ether oxygens (including phenoxy) is 1. The van der Waals surface area contributed by atoms with E-state index in [0.717, 1.165) is 24.2 Å². The Morgan fingerprint density at radius 1 is 1.19 bits per heavy atom. The van der Waals surface area contributed by atoms with Gasteiger partial charge in [0.25, 0.3) is 0 Å². The molecule has 1 aromatic rings. The first-order chi connectivity index (χ1) is 7.68. The normalized spacial score (nSPS) is 13.0. The van der Waals surface area contributed by atoms with E-state index in [2.05, 4.69) is 31.5 Å². The molecule has 0 fully saturated rings. The van der Waals surface area contributed by atoms with Crippen LogP contribution in [0.25, 0.3) is 0 Å². The average Bonchev–Trinajstić information content (AvgIpc) is 2.70. The Morgan fingerprint density at radius 2 is 2.00 bits per heavy atom. The van der Waals surface area contributed by atoms with Crippen LogP contribution in [0.2, 0.25) is 0 Å². The first-order valence-electron chi connectivity index (χ1n) is 6.33. The fourth-order valence-corrected chi connectivity index (χ4v) is 2.30. The van der Waals surface area contributed by atoms with E-state index < -0.39 is 0 Å². The van der Waals surface area contributed by atoms with E-state index in [4.69, 9.17) is 4.74 Å². The van der Waals surface area contributed by atoms with Crippen LogP contribution in [0.5, 0.6) is 5.75 Å². The summed E-state index contributed by atoms with van der Waals surface area (Å²) in [6.45, 7) is 7.78. The molecule has 1 nitrogen and oxygen atoms in total. The van der Waals surface area contributed by atoms with Gasteiger partial charge in [-0.15, -0.1) is 11.3 Å². The minimum atomic E-state index is 0.789. The van der Waals surface area contributed by atoms with Crippen molar-refractivity contribution in [1.29, 1.82) is 0 Å². The summed E-state index contributed by atoms with van der Waals surface area (Å²) in [4.78, 5) is 0. The second-order valence-electron chi connectivity index (χ2n) is 5.03. The molecule has 0 unspecified atom stereocenters. The molecule has 0 saturated heterocycles. The summed E-state index contributed by atoms with van der Waals surface area (Å²) in [6, 6.07) is 2.04. The molecular weight excluding hydrogens is 216 g/mol. The lowest BCUT2D eigenvalue weighted by Gasteiger charge is -2.12. The van der Waals surface area contributed by atoms with Crippen LogP contribution in [-0.2, 0) is 0 Å². The summed E-state index contributed by atoms with van der Waals surface area (Å²) in [5.41, 5.74) is 0. The lowest BCUT2D eigenvalue weighted by molar-refractivity contribution is 0.276. The van der Waals surface area contributed by atoms with Crippen molar-refractivity contribution in [3.63, 3.8) is 0 Å². The molecule has 0 aliphatic carbocycles. The van der Waals surface area contributed by atoms with Crippen molar-refractivity contribution in [2.45, 2.75) is 46.5 Å². The van der Waals surface area contributed by atoms with Crippen LogP contribution in [-0.4, -0.2) is 6.61 Å². The topological polar surface area (TPSA) is 9.23 Å². The Morgan fingerprint density at radius 3 is 2.62 bits per heavy atom. The second kappa shape index (κ2) is 7.72. The SMILES string of the molecule is CC(C)CCC[C@H](C)CCOc1ccsc1. The molecule has 0 amide bonds. The van der Waals surface area contributed by atoms with Gasteiger partial charge in [0.15, 0.2) is 0 Å². The van der Waals surface area contributed by atoms with Gasteiger partial charge in [0.05, 0.1) is 6.61 Å².